The van der Waals surface area contributed by atoms with Crippen LogP contribution in [0.1, 0.15) is 12.0 Å². The average Bonchev–Trinajstić information content (AvgIpc) is 2.65. The Bertz CT molecular complexity index is 453. The van der Waals surface area contributed by atoms with E-state index >= 15 is 0 Å². The molecule has 110 valence electrons. The average molecular weight is 341 g/mol. The van der Waals surface area contributed by atoms with Crippen molar-refractivity contribution in [1.29, 1.82) is 0 Å². The number of halogens is 1. The minimum Gasteiger partial charge on any atom is -0.508 e. The molecule has 0 radical (unpaired) electrons. The molecule has 2 rings (SSSR count). The van der Waals surface area contributed by atoms with E-state index in [2.05, 4.69) is 20.8 Å². The Morgan fingerprint density at radius 1 is 1.25 bits per heavy atom. The molecule has 1 heterocycles. The van der Waals surface area contributed by atoms with Gasteiger partial charge in [0.2, 0.25) is 5.91 Å². The zero-order chi connectivity index (χ0) is 14.4. The van der Waals surface area contributed by atoms with Crippen LogP contribution in [0.3, 0.4) is 0 Å². The van der Waals surface area contributed by atoms with Gasteiger partial charge in [0.25, 0.3) is 0 Å². The molecular formula is C15H21BrN2O2. The Hall–Kier alpha value is -1.07. The van der Waals surface area contributed by atoms with E-state index in [-0.39, 0.29) is 11.7 Å². The molecule has 1 saturated heterocycles. The number of benzene rings is 1. The number of amides is 1. The zero-order valence-electron chi connectivity index (χ0n) is 11.6. The summed E-state index contributed by atoms with van der Waals surface area (Å²) < 4.78 is 0. The molecule has 1 amide bonds. The number of nitrogens with zero attached hydrogens (tertiary/aromatic N) is 2. The maximum absolute atomic E-state index is 12.3. The molecule has 0 atom stereocenters. The zero-order valence-corrected chi connectivity index (χ0v) is 13.2. The smallest absolute Gasteiger partial charge is 0.227 e. The van der Waals surface area contributed by atoms with Gasteiger partial charge in [0.1, 0.15) is 5.75 Å². The molecule has 0 aromatic heterocycles. The molecule has 0 unspecified atom stereocenters. The number of carbonyl (C=O) groups is 1. The topological polar surface area (TPSA) is 43.8 Å². The second-order valence-electron chi connectivity index (χ2n) is 5.11. The van der Waals surface area contributed by atoms with E-state index in [0.717, 1.165) is 50.0 Å². The third kappa shape index (κ3) is 4.49. The first-order chi connectivity index (χ1) is 9.69. The first-order valence-electron chi connectivity index (χ1n) is 7.03. The van der Waals surface area contributed by atoms with Crippen LogP contribution in [0.2, 0.25) is 0 Å². The summed E-state index contributed by atoms with van der Waals surface area (Å²) in [5.41, 5.74) is 0.872. The van der Waals surface area contributed by atoms with E-state index in [1.54, 1.807) is 18.2 Å². The summed E-state index contributed by atoms with van der Waals surface area (Å²) in [6.07, 6.45) is 1.39. The van der Waals surface area contributed by atoms with E-state index < -0.39 is 0 Å². The molecule has 0 spiro atoms. The molecular weight excluding hydrogens is 320 g/mol. The first-order valence-corrected chi connectivity index (χ1v) is 8.15. The molecule has 0 aliphatic carbocycles. The van der Waals surface area contributed by atoms with Gasteiger partial charge < -0.3 is 14.9 Å². The second-order valence-corrected chi connectivity index (χ2v) is 5.90. The fraction of sp³-hybridized carbons (Fsp3) is 0.533. The maximum Gasteiger partial charge on any atom is 0.227 e. The highest BCUT2D eigenvalue weighted by Gasteiger charge is 2.18. The molecule has 1 fully saturated rings. The van der Waals surface area contributed by atoms with Crippen molar-refractivity contribution in [3.05, 3.63) is 29.8 Å². The largest absolute Gasteiger partial charge is 0.508 e. The van der Waals surface area contributed by atoms with E-state index in [4.69, 9.17) is 0 Å². The molecule has 1 aliphatic rings. The van der Waals surface area contributed by atoms with Crippen LogP contribution in [-0.4, -0.2) is 58.9 Å². The highest BCUT2D eigenvalue weighted by atomic mass is 79.9. The lowest BCUT2D eigenvalue weighted by Gasteiger charge is -2.21. The lowest BCUT2D eigenvalue weighted by molar-refractivity contribution is -0.130. The van der Waals surface area contributed by atoms with Crippen molar-refractivity contribution in [3.8, 4) is 5.75 Å². The molecule has 0 bridgehead atoms. The monoisotopic (exact) mass is 340 g/mol. The summed E-state index contributed by atoms with van der Waals surface area (Å²) in [6.45, 7) is 4.66. The third-order valence-corrected chi connectivity index (χ3v) is 3.96. The van der Waals surface area contributed by atoms with Gasteiger partial charge >= 0.3 is 0 Å². The summed E-state index contributed by atoms with van der Waals surface area (Å²) in [5.74, 6) is 0.367. The maximum atomic E-state index is 12.3. The van der Waals surface area contributed by atoms with Crippen molar-refractivity contribution in [1.82, 2.24) is 9.80 Å². The molecule has 0 saturated carbocycles. The fourth-order valence-corrected chi connectivity index (χ4v) is 3.02. The summed E-state index contributed by atoms with van der Waals surface area (Å²) in [5, 5.41) is 10.4. The SMILES string of the molecule is O=C(Cc1cccc(O)c1)N1CCCN(CCBr)CC1. The molecule has 4 nitrogen and oxygen atoms in total. The van der Waals surface area contributed by atoms with Crippen molar-refractivity contribution in [2.75, 3.05) is 38.1 Å². The van der Waals surface area contributed by atoms with Gasteiger partial charge in [0, 0.05) is 31.5 Å². The van der Waals surface area contributed by atoms with Crippen LogP contribution < -0.4 is 0 Å². The predicted octanol–water partition coefficient (Wildman–Crippen LogP) is 1.86. The minimum absolute atomic E-state index is 0.149. The van der Waals surface area contributed by atoms with Crippen LogP contribution in [0.25, 0.3) is 0 Å². The molecule has 5 heteroatoms. The van der Waals surface area contributed by atoms with Crippen LogP contribution >= 0.6 is 15.9 Å². The number of aromatic hydroxyl groups is 1. The normalized spacial score (nSPS) is 16.9. The number of phenolic OH excluding ortho intramolecular Hbond substituents is 1. The van der Waals surface area contributed by atoms with Gasteiger partial charge in [-0.2, -0.15) is 0 Å². The van der Waals surface area contributed by atoms with Crippen molar-refractivity contribution in [2.45, 2.75) is 12.8 Å². The lowest BCUT2D eigenvalue weighted by atomic mass is 10.1. The van der Waals surface area contributed by atoms with Gasteiger partial charge in [0.05, 0.1) is 6.42 Å². The standard InChI is InChI=1S/C15H21BrN2O2/c16-5-8-17-6-2-7-18(10-9-17)15(20)12-13-3-1-4-14(19)11-13/h1,3-4,11,19H,2,5-10,12H2. The second kappa shape index (κ2) is 7.64. The van der Waals surface area contributed by atoms with Crippen molar-refractivity contribution in [3.63, 3.8) is 0 Å². The van der Waals surface area contributed by atoms with Crippen LogP contribution in [-0.2, 0) is 11.2 Å². The van der Waals surface area contributed by atoms with Crippen molar-refractivity contribution in [2.24, 2.45) is 0 Å². The highest BCUT2D eigenvalue weighted by molar-refractivity contribution is 9.09. The lowest BCUT2D eigenvalue weighted by Crippen LogP contribution is -2.36. The van der Waals surface area contributed by atoms with Crippen LogP contribution in [0, 0.1) is 0 Å². The van der Waals surface area contributed by atoms with Crippen LogP contribution in [0.4, 0.5) is 0 Å². The predicted molar refractivity (Wildman–Crippen MR) is 83.2 cm³/mol. The van der Waals surface area contributed by atoms with E-state index in [9.17, 15) is 9.90 Å². The van der Waals surface area contributed by atoms with Crippen LogP contribution in [0.5, 0.6) is 5.75 Å². The Kier molecular flexibility index (Phi) is 5.86. The van der Waals surface area contributed by atoms with E-state index in [0.29, 0.717) is 6.42 Å². The number of carbonyl (C=O) groups excluding carboxylic acids is 1. The number of phenols is 1. The number of hydrogen-bond donors (Lipinski definition) is 1. The number of hydrogen-bond acceptors (Lipinski definition) is 3. The van der Waals surface area contributed by atoms with Gasteiger partial charge in [0.15, 0.2) is 0 Å². The molecule has 20 heavy (non-hydrogen) atoms. The third-order valence-electron chi connectivity index (χ3n) is 3.61. The van der Waals surface area contributed by atoms with Crippen molar-refractivity contribution >= 4 is 21.8 Å². The van der Waals surface area contributed by atoms with Gasteiger partial charge in [-0.1, -0.05) is 28.1 Å². The Morgan fingerprint density at radius 2 is 2.10 bits per heavy atom. The van der Waals surface area contributed by atoms with Crippen LogP contribution in [0.15, 0.2) is 24.3 Å². The summed E-state index contributed by atoms with van der Waals surface area (Å²) in [6, 6.07) is 6.94. The minimum atomic E-state index is 0.149. The fourth-order valence-electron chi connectivity index (χ4n) is 2.52. The molecule has 1 aromatic carbocycles. The number of rotatable bonds is 4. The summed E-state index contributed by atoms with van der Waals surface area (Å²) in [7, 11) is 0. The highest BCUT2D eigenvalue weighted by Crippen LogP contribution is 2.13. The van der Waals surface area contributed by atoms with Gasteiger partial charge in [-0.25, -0.2) is 0 Å². The van der Waals surface area contributed by atoms with E-state index in [1.165, 1.54) is 0 Å². The van der Waals surface area contributed by atoms with E-state index in [1.807, 2.05) is 11.0 Å². The van der Waals surface area contributed by atoms with Crippen molar-refractivity contribution < 1.29 is 9.90 Å². The van der Waals surface area contributed by atoms with Gasteiger partial charge in [-0.3, -0.25) is 4.79 Å². The Morgan fingerprint density at radius 3 is 2.85 bits per heavy atom. The number of alkyl halides is 1. The molecule has 1 N–H and O–H groups in total. The Balaban J connectivity index is 1.89. The first kappa shape index (κ1) is 15.3. The van der Waals surface area contributed by atoms with Gasteiger partial charge in [-0.15, -0.1) is 0 Å². The molecule has 1 aromatic rings. The summed E-state index contributed by atoms with van der Waals surface area (Å²) in [4.78, 5) is 16.6. The summed E-state index contributed by atoms with van der Waals surface area (Å²) >= 11 is 3.46. The quantitative estimate of drug-likeness (QED) is 0.851. The molecule has 1 aliphatic heterocycles. The van der Waals surface area contributed by atoms with Gasteiger partial charge in [-0.05, 0) is 30.7 Å². The Labute approximate surface area is 128 Å².